The largest absolute Gasteiger partial charge is 0.497 e. The van der Waals surface area contributed by atoms with E-state index in [1.165, 1.54) is 11.8 Å². The van der Waals surface area contributed by atoms with Gasteiger partial charge in [-0.05, 0) is 54.4 Å². The topological polar surface area (TPSA) is 73.5 Å². The predicted molar refractivity (Wildman–Crippen MR) is 130 cm³/mol. The van der Waals surface area contributed by atoms with Crippen LogP contribution in [0.1, 0.15) is 13.8 Å². The van der Waals surface area contributed by atoms with Crippen LogP contribution < -0.4 is 20.5 Å². The molecular weight excluding hydrogens is 402 g/mol. The molecule has 2 aromatic carbocycles. The summed E-state index contributed by atoms with van der Waals surface area (Å²) in [5.41, 5.74) is 3.35. The zero-order valence-electron chi connectivity index (χ0n) is 19.0. The molecule has 0 unspecified atom stereocenters. The molecule has 0 atom stereocenters. The van der Waals surface area contributed by atoms with Gasteiger partial charge in [-0.2, -0.15) is 0 Å². The molecule has 0 aliphatic carbocycles. The molecule has 4 rings (SSSR count). The fourth-order valence-corrected chi connectivity index (χ4v) is 4.02. The fraction of sp³-hybridized carbons (Fsp3) is 0.360. The number of aromatic amines is 1. The maximum Gasteiger partial charge on any atom is 0.252 e. The van der Waals surface area contributed by atoms with Gasteiger partial charge >= 0.3 is 0 Å². The first-order valence-corrected chi connectivity index (χ1v) is 11.1. The Morgan fingerprint density at radius 3 is 2.34 bits per heavy atom. The van der Waals surface area contributed by atoms with Gasteiger partial charge in [0.1, 0.15) is 5.75 Å². The molecule has 2 heterocycles. The van der Waals surface area contributed by atoms with E-state index < -0.39 is 0 Å². The summed E-state index contributed by atoms with van der Waals surface area (Å²) in [5, 5.41) is 3.22. The Balaban J connectivity index is 1.42. The summed E-state index contributed by atoms with van der Waals surface area (Å²) in [4.78, 5) is 24.5. The first-order valence-electron chi connectivity index (χ1n) is 11.1. The van der Waals surface area contributed by atoms with Crippen molar-refractivity contribution in [2.75, 3.05) is 50.1 Å². The summed E-state index contributed by atoms with van der Waals surface area (Å²) in [7, 11) is 1.63. The van der Waals surface area contributed by atoms with Crippen molar-refractivity contribution in [1.82, 2.24) is 14.9 Å². The molecule has 32 heavy (non-hydrogen) atoms. The molecule has 7 heteroatoms. The molecule has 0 amide bonds. The normalized spacial score (nSPS) is 14.6. The van der Waals surface area contributed by atoms with Gasteiger partial charge < -0.3 is 15.0 Å². The van der Waals surface area contributed by atoms with Gasteiger partial charge in [0, 0.05) is 55.7 Å². The summed E-state index contributed by atoms with van der Waals surface area (Å²) in [6, 6.07) is 17.3. The minimum atomic E-state index is -0.204. The quantitative estimate of drug-likeness (QED) is 0.587. The third-order valence-electron chi connectivity index (χ3n) is 5.62. The van der Waals surface area contributed by atoms with Crippen LogP contribution in [0.2, 0.25) is 0 Å². The van der Waals surface area contributed by atoms with Crippen molar-refractivity contribution in [2.24, 2.45) is 5.92 Å². The summed E-state index contributed by atoms with van der Waals surface area (Å²) in [6.07, 6.45) is 0. The smallest absolute Gasteiger partial charge is 0.252 e. The number of hydrogen-bond acceptors (Lipinski definition) is 6. The number of nitrogens with zero attached hydrogens (tertiary/aromatic N) is 3. The number of methoxy groups -OCH3 is 1. The van der Waals surface area contributed by atoms with Crippen LogP contribution in [-0.4, -0.2) is 54.7 Å². The molecule has 1 aliphatic heterocycles. The maximum atomic E-state index is 12.2. The number of hydrogen-bond donors (Lipinski definition) is 2. The van der Waals surface area contributed by atoms with Crippen molar-refractivity contribution in [3.05, 3.63) is 65.0 Å². The van der Waals surface area contributed by atoms with Gasteiger partial charge in [-0.15, -0.1) is 0 Å². The zero-order valence-corrected chi connectivity index (χ0v) is 19.0. The third kappa shape index (κ3) is 5.48. The molecule has 0 spiro atoms. The number of ether oxygens (including phenoxy) is 1. The minimum Gasteiger partial charge on any atom is -0.497 e. The maximum absolute atomic E-state index is 12.2. The van der Waals surface area contributed by atoms with Crippen molar-refractivity contribution in [3.8, 4) is 17.0 Å². The highest BCUT2D eigenvalue weighted by Gasteiger charge is 2.17. The molecule has 0 radical (unpaired) electrons. The standard InChI is InChI=1S/C25H31N5O2/c1-18(2)17-29-12-14-30(15-13-29)21-8-6-20(7-9-21)26-25-27-23(16-24(31)28-25)19-4-10-22(32-3)11-5-19/h4-11,16,18H,12-15,17H2,1-3H3,(H2,26,27,28,31). The Labute approximate surface area is 189 Å². The number of piperazine rings is 1. The van der Waals surface area contributed by atoms with E-state index in [0.29, 0.717) is 17.6 Å². The van der Waals surface area contributed by atoms with Crippen LogP contribution in [-0.2, 0) is 0 Å². The van der Waals surface area contributed by atoms with Gasteiger partial charge in [0.15, 0.2) is 0 Å². The summed E-state index contributed by atoms with van der Waals surface area (Å²) < 4.78 is 5.20. The summed E-state index contributed by atoms with van der Waals surface area (Å²) >= 11 is 0. The zero-order chi connectivity index (χ0) is 22.5. The van der Waals surface area contributed by atoms with E-state index in [2.05, 4.69) is 51.1 Å². The van der Waals surface area contributed by atoms with E-state index in [1.54, 1.807) is 7.11 Å². The van der Waals surface area contributed by atoms with E-state index in [1.807, 2.05) is 36.4 Å². The monoisotopic (exact) mass is 433 g/mol. The van der Waals surface area contributed by atoms with E-state index in [0.717, 1.165) is 49.7 Å². The number of H-pyrrole nitrogens is 1. The number of benzene rings is 2. The van der Waals surface area contributed by atoms with Crippen LogP contribution in [0, 0.1) is 5.92 Å². The lowest BCUT2D eigenvalue weighted by molar-refractivity contribution is 0.231. The number of aromatic nitrogens is 2. The van der Waals surface area contributed by atoms with Crippen molar-refractivity contribution in [3.63, 3.8) is 0 Å². The Morgan fingerprint density at radius 2 is 1.72 bits per heavy atom. The first-order chi connectivity index (χ1) is 15.5. The second kappa shape index (κ2) is 9.87. The minimum absolute atomic E-state index is 0.204. The lowest BCUT2D eigenvalue weighted by atomic mass is 10.1. The van der Waals surface area contributed by atoms with Gasteiger partial charge in [0.25, 0.3) is 5.56 Å². The highest BCUT2D eigenvalue weighted by molar-refractivity contribution is 5.64. The van der Waals surface area contributed by atoms with E-state index in [-0.39, 0.29) is 5.56 Å². The Bertz CT molecular complexity index is 1070. The van der Waals surface area contributed by atoms with Crippen LogP contribution in [0.5, 0.6) is 5.75 Å². The summed E-state index contributed by atoms with van der Waals surface area (Å²) in [6.45, 7) is 9.98. The molecular formula is C25H31N5O2. The van der Waals surface area contributed by atoms with E-state index >= 15 is 0 Å². The lowest BCUT2D eigenvalue weighted by Crippen LogP contribution is -2.47. The average molecular weight is 434 g/mol. The predicted octanol–water partition coefficient (Wildman–Crippen LogP) is 3.97. The van der Waals surface area contributed by atoms with E-state index in [4.69, 9.17) is 4.74 Å². The highest BCUT2D eigenvalue weighted by Crippen LogP contribution is 2.23. The molecule has 1 saturated heterocycles. The van der Waals surface area contributed by atoms with E-state index in [9.17, 15) is 4.79 Å². The molecule has 1 aliphatic rings. The summed E-state index contributed by atoms with van der Waals surface area (Å²) in [5.74, 6) is 1.88. The Morgan fingerprint density at radius 1 is 1.03 bits per heavy atom. The van der Waals surface area contributed by atoms with Crippen molar-refractivity contribution < 1.29 is 4.74 Å². The van der Waals surface area contributed by atoms with Gasteiger partial charge in [-0.25, -0.2) is 4.98 Å². The van der Waals surface area contributed by atoms with Crippen LogP contribution in [0.15, 0.2) is 59.4 Å². The van der Waals surface area contributed by atoms with Gasteiger partial charge in [-0.1, -0.05) is 13.8 Å². The molecule has 0 bridgehead atoms. The molecule has 1 aromatic heterocycles. The average Bonchev–Trinajstić information content (AvgIpc) is 2.79. The van der Waals surface area contributed by atoms with Crippen molar-refractivity contribution >= 4 is 17.3 Å². The highest BCUT2D eigenvalue weighted by atomic mass is 16.5. The van der Waals surface area contributed by atoms with Crippen LogP contribution in [0.25, 0.3) is 11.3 Å². The molecule has 168 valence electrons. The second-order valence-electron chi connectivity index (χ2n) is 8.56. The first kappa shape index (κ1) is 21.9. The van der Waals surface area contributed by atoms with Gasteiger partial charge in [0.05, 0.1) is 12.8 Å². The number of rotatable bonds is 7. The van der Waals surface area contributed by atoms with Crippen molar-refractivity contribution in [2.45, 2.75) is 13.8 Å². The molecule has 3 aromatic rings. The molecule has 7 nitrogen and oxygen atoms in total. The van der Waals surface area contributed by atoms with Crippen LogP contribution >= 0.6 is 0 Å². The van der Waals surface area contributed by atoms with Crippen molar-refractivity contribution in [1.29, 1.82) is 0 Å². The van der Waals surface area contributed by atoms with Gasteiger partial charge in [0.2, 0.25) is 5.95 Å². The third-order valence-corrected chi connectivity index (χ3v) is 5.62. The van der Waals surface area contributed by atoms with Crippen LogP contribution in [0.3, 0.4) is 0 Å². The Hall–Kier alpha value is -3.32. The number of anilines is 3. The SMILES string of the molecule is COc1ccc(-c2cc(=O)[nH]c(Nc3ccc(N4CCN(CC(C)C)CC4)cc3)n2)cc1. The second-order valence-corrected chi connectivity index (χ2v) is 8.56. The molecule has 0 saturated carbocycles. The Kier molecular flexibility index (Phi) is 6.75. The van der Waals surface area contributed by atoms with Crippen LogP contribution in [0.4, 0.5) is 17.3 Å². The number of nitrogens with one attached hydrogen (secondary N) is 2. The molecule has 1 fully saturated rings. The fourth-order valence-electron chi connectivity index (χ4n) is 4.02. The molecule has 2 N–H and O–H groups in total. The lowest BCUT2D eigenvalue weighted by Gasteiger charge is -2.36. The van der Waals surface area contributed by atoms with Gasteiger partial charge in [-0.3, -0.25) is 14.7 Å².